The second-order valence-electron chi connectivity index (χ2n) is 4.69. The van der Waals surface area contributed by atoms with Gasteiger partial charge in [-0.15, -0.1) is 0 Å². The van der Waals surface area contributed by atoms with Gasteiger partial charge in [-0.25, -0.2) is 0 Å². The SMILES string of the molecule is O=C(O)C1CC1C(=O)Nc1ccc2ncccc2c1. The van der Waals surface area contributed by atoms with E-state index in [1.165, 1.54) is 0 Å². The van der Waals surface area contributed by atoms with Crippen LogP contribution in [0.4, 0.5) is 5.69 Å². The van der Waals surface area contributed by atoms with Crippen molar-refractivity contribution in [1.29, 1.82) is 0 Å². The first-order valence-electron chi connectivity index (χ1n) is 6.03. The number of aromatic nitrogens is 1. The highest BCUT2D eigenvalue weighted by Crippen LogP contribution is 2.39. The van der Waals surface area contributed by atoms with E-state index in [-0.39, 0.29) is 5.91 Å². The number of hydrogen-bond acceptors (Lipinski definition) is 3. The third-order valence-electron chi connectivity index (χ3n) is 3.31. The normalized spacial score (nSPS) is 21.1. The van der Waals surface area contributed by atoms with Crippen molar-refractivity contribution in [3.8, 4) is 0 Å². The largest absolute Gasteiger partial charge is 0.481 e. The molecular formula is C14H12N2O3. The van der Waals surface area contributed by atoms with Crippen LogP contribution in [0.2, 0.25) is 0 Å². The molecule has 0 aliphatic heterocycles. The van der Waals surface area contributed by atoms with Gasteiger partial charge in [0.1, 0.15) is 0 Å². The number of rotatable bonds is 3. The van der Waals surface area contributed by atoms with E-state index in [1.807, 2.05) is 24.3 Å². The van der Waals surface area contributed by atoms with Crippen molar-refractivity contribution >= 4 is 28.5 Å². The maximum atomic E-state index is 11.8. The van der Waals surface area contributed by atoms with Crippen LogP contribution in [0.25, 0.3) is 10.9 Å². The molecule has 1 aliphatic carbocycles. The number of fused-ring (bicyclic) bond motifs is 1. The van der Waals surface area contributed by atoms with Crippen LogP contribution in [-0.4, -0.2) is 22.0 Å². The zero-order chi connectivity index (χ0) is 13.4. The van der Waals surface area contributed by atoms with E-state index < -0.39 is 17.8 Å². The van der Waals surface area contributed by atoms with Crippen LogP contribution >= 0.6 is 0 Å². The summed E-state index contributed by atoms with van der Waals surface area (Å²) in [6, 6.07) is 9.17. The quantitative estimate of drug-likeness (QED) is 0.879. The smallest absolute Gasteiger partial charge is 0.307 e. The summed E-state index contributed by atoms with van der Waals surface area (Å²) in [6.07, 6.45) is 2.14. The second kappa shape index (κ2) is 4.35. The number of nitrogens with zero attached hydrogens (tertiary/aromatic N) is 1. The van der Waals surface area contributed by atoms with Crippen molar-refractivity contribution in [3.63, 3.8) is 0 Å². The molecule has 0 saturated heterocycles. The Morgan fingerprint density at radius 1 is 1.26 bits per heavy atom. The molecule has 0 radical (unpaired) electrons. The van der Waals surface area contributed by atoms with Gasteiger partial charge in [0.2, 0.25) is 5.91 Å². The number of pyridine rings is 1. The van der Waals surface area contributed by atoms with Crippen LogP contribution in [0, 0.1) is 11.8 Å². The van der Waals surface area contributed by atoms with E-state index >= 15 is 0 Å². The van der Waals surface area contributed by atoms with Crippen molar-refractivity contribution in [2.75, 3.05) is 5.32 Å². The van der Waals surface area contributed by atoms with E-state index in [0.29, 0.717) is 12.1 Å². The molecule has 1 amide bonds. The minimum absolute atomic E-state index is 0.226. The van der Waals surface area contributed by atoms with E-state index in [0.717, 1.165) is 10.9 Å². The number of amides is 1. The lowest BCUT2D eigenvalue weighted by molar-refractivity contribution is -0.139. The Morgan fingerprint density at radius 3 is 2.84 bits per heavy atom. The summed E-state index contributed by atoms with van der Waals surface area (Å²) in [5, 5.41) is 12.5. The molecule has 3 rings (SSSR count). The number of carboxylic acid groups (broad SMARTS) is 1. The van der Waals surface area contributed by atoms with Gasteiger partial charge in [-0.05, 0) is 30.7 Å². The monoisotopic (exact) mass is 256 g/mol. The highest BCUT2D eigenvalue weighted by molar-refractivity contribution is 5.99. The van der Waals surface area contributed by atoms with Gasteiger partial charge in [-0.3, -0.25) is 14.6 Å². The number of hydrogen-bond donors (Lipinski definition) is 2. The fraction of sp³-hybridized carbons (Fsp3) is 0.214. The molecule has 0 bridgehead atoms. The standard InChI is InChI=1S/C14H12N2O3/c17-13(10-7-11(10)14(18)19)16-9-3-4-12-8(6-9)2-1-5-15-12/h1-6,10-11H,7H2,(H,16,17)(H,18,19). The maximum absolute atomic E-state index is 11.8. The molecule has 0 spiro atoms. The highest BCUT2D eigenvalue weighted by atomic mass is 16.4. The summed E-state index contributed by atoms with van der Waals surface area (Å²) in [5.41, 5.74) is 1.52. The summed E-state index contributed by atoms with van der Waals surface area (Å²) < 4.78 is 0. The number of aliphatic carboxylic acids is 1. The zero-order valence-corrected chi connectivity index (χ0v) is 10.0. The Morgan fingerprint density at radius 2 is 2.11 bits per heavy atom. The Balaban J connectivity index is 1.75. The molecule has 1 heterocycles. The van der Waals surface area contributed by atoms with Gasteiger partial charge in [0, 0.05) is 17.3 Å². The van der Waals surface area contributed by atoms with Crippen LogP contribution < -0.4 is 5.32 Å². The minimum Gasteiger partial charge on any atom is -0.481 e. The van der Waals surface area contributed by atoms with E-state index in [2.05, 4.69) is 10.3 Å². The number of carbonyl (C=O) groups is 2. The van der Waals surface area contributed by atoms with Crippen LogP contribution in [0.5, 0.6) is 0 Å². The average Bonchev–Trinajstić information content (AvgIpc) is 3.19. The fourth-order valence-corrected chi connectivity index (χ4v) is 2.15. The number of anilines is 1. The summed E-state index contributed by atoms with van der Waals surface area (Å²) in [4.78, 5) is 26.7. The molecule has 5 heteroatoms. The molecule has 1 saturated carbocycles. The second-order valence-corrected chi connectivity index (χ2v) is 4.69. The van der Waals surface area contributed by atoms with Gasteiger partial charge in [0.25, 0.3) is 0 Å². The minimum atomic E-state index is -0.900. The van der Waals surface area contributed by atoms with Gasteiger partial charge < -0.3 is 10.4 Å². The van der Waals surface area contributed by atoms with Crippen LogP contribution in [-0.2, 0) is 9.59 Å². The first-order valence-corrected chi connectivity index (χ1v) is 6.03. The third kappa shape index (κ3) is 2.27. The van der Waals surface area contributed by atoms with Gasteiger partial charge in [-0.2, -0.15) is 0 Å². The predicted molar refractivity (Wildman–Crippen MR) is 69.6 cm³/mol. The third-order valence-corrected chi connectivity index (χ3v) is 3.31. The topological polar surface area (TPSA) is 79.3 Å². The van der Waals surface area contributed by atoms with Crippen LogP contribution in [0.1, 0.15) is 6.42 Å². The first-order chi connectivity index (χ1) is 9.15. The van der Waals surface area contributed by atoms with Crippen molar-refractivity contribution in [1.82, 2.24) is 4.98 Å². The molecule has 5 nitrogen and oxygen atoms in total. The summed E-state index contributed by atoms with van der Waals surface area (Å²) in [6.45, 7) is 0. The first kappa shape index (κ1) is 11.6. The zero-order valence-electron chi connectivity index (χ0n) is 10.0. The van der Waals surface area contributed by atoms with Gasteiger partial charge in [0.15, 0.2) is 0 Å². The Kier molecular flexibility index (Phi) is 2.67. The van der Waals surface area contributed by atoms with E-state index in [9.17, 15) is 9.59 Å². The van der Waals surface area contributed by atoms with Crippen molar-refractivity contribution < 1.29 is 14.7 Å². The van der Waals surface area contributed by atoms with Crippen molar-refractivity contribution in [3.05, 3.63) is 36.5 Å². The summed E-state index contributed by atoms with van der Waals surface area (Å²) in [5.74, 6) is -2.05. The molecule has 1 aromatic carbocycles. The van der Waals surface area contributed by atoms with Crippen LogP contribution in [0.15, 0.2) is 36.5 Å². The lowest BCUT2D eigenvalue weighted by Crippen LogP contribution is -2.16. The molecule has 2 aromatic rings. The molecular weight excluding hydrogens is 244 g/mol. The Labute approximate surface area is 109 Å². The number of benzene rings is 1. The maximum Gasteiger partial charge on any atom is 0.307 e. The molecule has 2 atom stereocenters. The Hall–Kier alpha value is -2.43. The molecule has 1 aliphatic rings. The van der Waals surface area contributed by atoms with Crippen LogP contribution in [0.3, 0.4) is 0 Å². The number of carbonyl (C=O) groups excluding carboxylic acids is 1. The van der Waals surface area contributed by atoms with E-state index in [4.69, 9.17) is 5.11 Å². The van der Waals surface area contributed by atoms with E-state index in [1.54, 1.807) is 12.3 Å². The molecule has 1 fully saturated rings. The molecule has 2 unspecified atom stereocenters. The fourth-order valence-electron chi connectivity index (χ4n) is 2.15. The number of carboxylic acids is 1. The molecule has 19 heavy (non-hydrogen) atoms. The lowest BCUT2D eigenvalue weighted by Gasteiger charge is -2.05. The Bertz CT molecular complexity index is 669. The molecule has 2 N–H and O–H groups in total. The predicted octanol–water partition coefficient (Wildman–Crippen LogP) is 1.89. The van der Waals surface area contributed by atoms with Crippen molar-refractivity contribution in [2.45, 2.75) is 6.42 Å². The van der Waals surface area contributed by atoms with Crippen molar-refractivity contribution in [2.24, 2.45) is 11.8 Å². The molecule has 1 aromatic heterocycles. The highest BCUT2D eigenvalue weighted by Gasteiger charge is 2.48. The average molecular weight is 256 g/mol. The van der Waals surface area contributed by atoms with Gasteiger partial charge >= 0.3 is 5.97 Å². The summed E-state index contributed by atoms with van der Waals surface area (Å²) >= 11 is 0. The van der Waals surface area contributed by atoms with Gasteiger partial charge in [-0.1, -0.05) is 6.07 Å². The number of nitrogens with one attached hydrogen (secondary N) is 1. The molecule has 96 valence electrons. The summed E-state index contributed by atoms with van der Waals surface area (Å²) in [7, 11) is 0. The van der Waals surface area contributed by atoms with Gasteiger partial charge in [0.05, 0.1) is 17.4 Å². The lowest BCUT2D eigenvalue weighted by atomic mass is 10.2.